The highest BCUT2D eigenvalue weighted by atomic mass is 16.3. The number of carbonyl (C=O) groups is 1. The molecule has 4 nitrogen and oxygen atoms in total. The molecule has 0 fully saturated rings. The van der Waals surface area contributed by atoms with Gasteiger partial charge in [0.25, 0.3) is 6.47 Å². The van der Waals surface area contributed by atoms with Crippen LogP contribution in [0.25, 0.3) is 0 Å². The maximum Gasteiger partial charge on any atom is 0.290 e. The number of nitriles is 1. The van der Waals surface area contributed by atoms with E-state index in [0.717, 1.165) is 6.42 Å². The Morgan fingerprint density at radius 2 is 1.82 bits per heavy atom. The molecule has 0 aliphatic carbocycles. The monoisotopic (exact) mass is 236 g/mol. The minimum absolute atomic E-state index is 0.179. The first-order chi connectivity index (χ1) is 8.13. The van der Waals surface area contributed by atoms with E-state index in [-0.39, 0.29) is 12.5 Å². The van der Waals surface area contributed by atoms with Gasteiger partial charge >= 0.3 is 0 Å². The van der Waals surface area contributed by atoms with Crippen LogP contribution in [0.5, 0.6) is 0 Å². The Kier molecular flexibility index (Phi) is 12.6. The molecule has 0 saturated carbocycles. The molecule has 1 aromatic rings. The third-order valence-corrected chi connectivity index (χ3v) is 1.64. The van der Waals surface area contributed by atoms with Gasteiger partial charge in [-0.1, -0.05) is 26.0 Å². The molecule has 0 heterocycles. The molecule has 1 atom stereocenters. The molecule has 0 saturated heterocycles. The van der Waals surface area contributed by atoms with Crippen LogP contribution in [-0.2, 0) is 11.2 Å². The molecule has 4 heteroatoms. The fourth-order valence-corrected chi connectivity index (χ4v) is 1.09. The van der Waals surface area contributed by atoms with Crippen LogP contribution in [0.4, 0.5) is 0 Å². The standard InChI is InChI=1S/C10H12N2.C2H6.CH2O2/c1-8(12)6-9-2-4-10(7-11)5-3-9;1-2;2-1-3/h2-5,8H,6,12H2,1H3;1-2H3;1H,(H,2,3). The van der Waals surface area contributed by atoms with E-state index in [1.165, 1.54) is 5.56 Å². The van der Waals surface area contributed by atoms with Crippen molar-refractivity contribution in [2.45, 2.75) is 33.2 Å². The molecule has 0 spiro atoms. The van der Waals surface area contributed by atoms with Crippen LogP contribution < -0.4 is 5.73 Å². The molecule has 1 rings (SSSR count). The second kappa shape index (κ2) is 12.2. The molecule has 17 heavy (non-hydrogen) atoms. The Labute approximate surface area is 103 Å². The highest BCUT2D eigenvalue weighted by Gasteiger charge is 1.97. The lowest BCUT2D eigenvalue weighted by Gasteiger charge is -2.03. The molecule has 0 radical (unpaired) electrons. The highest BCUT2D eigenvalue weighted by Crippen LogP contribution is 2.04. The quantitative estimate of drug-likeness (QED) is 0.770. The molecular formula is C13H20N2O2. The Morgan fingerprint density at radius 3 is 2.12 bits per heavy atom. The summed E-state index contributed by atoms with van der Waals surface area (Å²) >= 11 is 0. The van der Waals surface area contributed by atoms with E-state index in [4.69, 9.17) is 20.9 Å². The van der Waals surface area contributed by atoms with Crippen molar-refractivity contribution in [3.05, 3.63) is 35.4 Å². The van der Waals surface area contributed by atoms with Crippen LogP contribution in [0.2, 0.25) is 0 Å². The van der Waals surface area contributed by atoms with Crippen LogP contribution >= 0.6 is 0 Å². The maximum absolute atomic E-state index is 8.54. The third-order valence-electron chi connectivity index (χ3n) is 1.64. The molecule has 0 bridgehead atoms. The summed E-state index contributed by atoms with van der Waals surface area (Å²) in [7, 11) is 0. The van der Waals surface area contributed by atoms with Crippen LogP contribution in [-0.4, -0.2) is 17.6 Å². The van der Waals surface area contributed by atoms with Crippen LogP contribution in [0.3, 0.4) is 0 Å². The SMILES string of the molecule is CC.CC(N)Cc1ccc(C#N)cc1.O=CO. The first-order valence-corrected chi connectivity index (χ1v) is 5.46. The number of benzene rings is 1. The topological polar surface area (TPSA) is 87.1 Å². The summed E-state index contributed by atoms with van der Waals surface area (Å²) in [4.78, 5) is 8.36. The lowest BCUT2D eigenvalue weighted by atomic mass is 10.1. The predicted molar refractivity (Wildman–Crippen MR) is 68.6 cm³/mol. The van der Waals surface area contributed by atoms with E-state index in [2.05, 4.69) is 6.07 Å². The average Bonchev–Trinajstić information content (AvgIpc) is 2.33. The summed E-state index contributed by atoms with van der Waals surface area (Å²) < 4.78 is 0. The summed E-state index contributed by atoms with van der Waals surface area (Å²) in [6, 6.07) is 9.78. The second-order valence-electron chi connectivity index (χ2n) is 3.10. The zero-order chi connectivity index (χ0) is 13.7. The van der Waals surface area contributed by atoms with E-state index in [0.29, 0.717) is 5.56 Å². The number of hydrogen-bond donors (Lipinski definition) is 2. The smallest absolute Gasteiger partial charge is 0.290 e. The van der Waals surface area contributed by atoms with Crippen LogP contribution in [0.15, 0.2) is 24.3 Å². The van der Waals surface area contributed by atoms with E-state index < -0.39 is 0 Å². The molecular weight excluding hydrogens is 216 g/mol. The zero-order valence-electron chi connectivity index (χ0n) is 10.6. The van der Waals surface area contributed by atoms with Crippen molar-refractivity contribution < 1.29 is 9.90 Å². The van der Waals surface area contributed by atoms with Crippen molar-refractivity contribution >= 4 is 6.47 Å². The van der Waals surface area contributed by atoms with Crippen molar-refractivity contribution in [2.24, 2.45) is 5.73 Å². The van der Waals surface area contributed by atoms with Crippen LogP contribution in [0, 0.1) is 11.3 Å². The van der Waals surface area contributed by atoms with E-state index in [1.54, 1.807) is 0 Å². The number of nitrogens with zero attached hydrogens (tertiary/aromatic N) is 1. The molecule has 0 amide bonds. The van der Waals surface area contributed by atoms with Gasteiger partial charge in [-0.3, -0.25) is 4.79 Å². The first-order valence-electron chi connectivity index (χ1n) is 5.46. The predicted octanol–water partition coefficient (Wildman–Crippen LogP) is 2.17. The number of hydrogen-bond acceptors (Lipinski definition) is 3. The van der Waals surface area contributed by atoms with Gasteiger partial charge in [0.2, 0.25) is 0 Å². The summed E-state index contributed by atoms with van der Waals surface area (Å²) in [5, 5.41) is 15.4. The van der Waals surface area contributed by atoms with Gasteiger partial charge in [-0.15, -0.1) is 0 Å². The van der Waals surface area contributed by atoms with E-state index in [1.807, 2.05) is 45.0 Å². The number of carboxylic acid groups (broad SMARTS) is 1. The van der Waals surface area contributed by atoms with Gasteiger partial charge in [0.15, 0.2) is 0 Å². The summed E-state index contributed by atoms with van der Waals surface area (Å²) in [5.74, 6) is 0. The lowest BCUT2D eigenvalue weighted by Crippen LogP contribution is -2.17. The lowest BCUT2D eigenvalue weighted by molar-refractivity contribution is -0.122. The van der Waals surface area contributed by atoms with E-state index in [9.17, 15) is 0 Å². The Morgan fingerprint density at radius 1 is 1.41 bits per heavy atom. The maximum atomic E-state index is 8.54. The van der Waals surface area contributed by atoms with Gasteiger partial charge in [-0.2, -0.15) is 5.26 Å². The third kappa shape index (κ3) is 10.4. The Bertz CT molecular complexity index is 326. The van der Waals surface area contributed by atoms with Gasteiger partial charge in [0.05, 0.1) is 11.6 Å². The number of nitrogens with two attached hydrogens (primary N) is 1. The van der Waals surface area contributed by atoms with Crippen molar-refractivity contribution in [2.75, 3.05) is 0 Å². The fraction of sp³-hybridized carbons (Fsp3) is 0.385. The minimum Gasteiger partial charge on any atom is -0.483 e. The molecule has 1 aromatic carbocycles. The summed E-state index contributed by atoms with van der Waals surface area (Å²) in [6.07, 6.45) is 0.867. The van der Waals surface area contributed by atoms with Gasteiger partial charge < -0.3 is 10.8 Å². The summed E-state index contributed by atoms with van der Waals surface area (Å²) in [6.45, 7) is 5.72. The molecule has 3 N–H and O–H groups in total. The molecule has 0 aromatic heterocycles. The Hall–Kier alpha value is -1.86. The highest BCUT2D eigenvalue weighted by molar-refractivity contribution is 5.32. The second-order valence-corrected chi connectivity index (χ2v) is 3.10. The van der Waals surface area contributed by atoms with Gasteiger partial charge in [-0.25, -0.2) is 0 Å². The molecule has 0 aliphatic heterocycles. The van der Waals surface area contributed by atoms with Crippen molar-refractivity contribution in [1.29, 1.82) is 5.26 Å². The zero-order valence-corrected chi connectivity index (χ0v) is 10.6. The van der Waals surface area contributed by atoms with Crippen LogP contribution in [0.1, 0.15) is 31.9 Å². The fourth-order valence-electron chi connectivity index (χ4n) is 1.09. The molecule has 1 unspecified atom stereocenters. The number of rotatable bonds is 2. The minimum atomic E-state index is -0.250. The van der Waals surface area contributed by atoms with Crippen molar-refractivity contribution in [1.82, 2.24) is 0 Å². The largest absolute Gasteiger partial charge is 0.483 e. The van der Waals surface area contributed by atoms with Gasteiger partial charge in [0, 0.05) is 6.04 Å². The van der Waals surface area contributed by atoms with Crippen molar-refractivity contribution in [3.63, 3.8) is 0 Å². The first kappa shape index (κ1) is 17.5. The van der Waals surface area contributed by atoms with Gasteiger partial charge in [0.1, 0.15) is 0 Å². The molecule has 94 valence electrons. The Balaban J connectivity index is 0. The summed E-state index contributed by atoms with van der Waals surface area (Å²) in [5.41, 5.74) is 7.51. The average molecular weight is 236 g/mol. The van der Waals surface area contributed by atoms with Crippen molar-refractivity contribution in [3.8, 4) is 6.07 Å². The van der Waals surface area contributed by atoms with Gasteiger partial charge in [-0.05, 0) is 31.0 Å². The normalized spacial score (nSPS) is 9.59. The molecule has 0 aliphatic rings. The van der Waals surface area contributed by atoms with E-state index >= 15 is 0 Å².